The predicted octanol–water partition coefficient (Wildman–Crippen LogP) is 4.08. The molecular weight excluding hydrogens is 227 g/mol. The van der Waals surface area contributed by atoms with E-state index in [0.717, 1.165) is 12.3 Å². The van der Waals surface area contributed by atoms with Crippen molar-refractivity contribution in [1.29, 1.82) is 0 Å². The molecule has 0 aliphatic carbocycles. The molecule has 1 heterocycles. The number of rotatable bonds is 1. The van der Waals surface area contributed by atoms with Gasteiger partial charge in [0.15, 0.2) is 0 Å². The van der Waals surface area contributed by atoms with Gasteiger partial charge in [0.05, 0.1) is 11.3 Å². The highest BCUT2D eigenvalue weighted by Gasteiger charge is 2.30. The molecule has 2 aromatic rings. The summed E-state index contributed by atoms with van der Waals surface area (Å²) in [5.74, 6) is 0. The van der Waals surface area contributed by atoms with E-state index in [2.05, 4.69) is 4.98 Å². The third kappa shape index (κ3) is 2.64. The average Bonchev–Trinajstić information content (AvgIpc) is 2.37. The van der Waals surface area contributed by atoms with Crippen LogP contribution in [0, 0.1) is 6.85 Å². The average molecular weight is 240 g/mol. The van der Waals surface area contributed by atoms with Crippen molar-refractivity contribution in [3.63, 3.8) is 0 Å². The van der Waals surface area contributed by atoms with Crippen LogP contribution in [0.2, 0.25) is 0 Å². The normalized spacial score (nSPS) is 14.9. The van der Waals surface area contributed by atoms with Crippen molar-refractivity contribution in [3.8, 4) is 11.3 Å². The topological polar surface area (TPSA) is 12.9 Å². The fraction of sp³-hybridized carbons (Fsp3) is 0.154. The number of hydrogen-bond acceptors (Lipinski definition) is 1. The maximum atomic E-state index is 12.4. The lowest BCUT2D eigenvalue weighted by Gasteiger charge is -2.07. The number of hydrogen-bond donors (Lipinski definition) is 0. The van der Waals surface area contributed by atoms with Crippen LogP contribution in [0.1, 0.15) is 15.2 Å². The molecule has 0 N–H and O–H groups in total. The molecule has 0 fully saturated rings. The van der Waals surface area contributed by atoms with Crippen molar-refractivity contribution in [3.05, 3.63) is 53.7 Å². The van der Waals surface area contributed by atoms with Crippen LogP contribution in [0.15, 0.2) is 42.6 Å². The number of aromatic nitrogens is 1. The predicted molar refractivity (Wildman–Crippen MR) is 59.4 cm³/mol. The molecular formula is C13H10F3N. The molecule has 0 spiro atoms. The van der Waals surface area contributed by atoms with Crippen LogP contribution < -0.4 is 0 Å². The quantitative estimate of drug-likeness (QED) is 0.732. The first-order chi connectivity index (χ1) is 9.18. The van der Waals surface area contributed by atoms with E-state index in [4.69, 9.17) is 4.11 Å². The van der Waals surface area contributed by atoms with Crippen molar-refractivity contribution in [2.75, 3.05) is 0 Å². The van der Waals surface area contributed by atoms with E-state index < -0.39 is 18.6 Å². The number of nitrogens with zero attached hydrogens (tertiary/aromatic N) is 1. The van der Waals surface area contributed by atoms with E-state index in [1.807, 2.05) is 0 Å². The number of alkyl halides is 3. The van der Waals surface area contributed by atoms with E-state index in [1.165, 1.54) is 30.3 Å². The zero-order chi connectivity index (χ0) is 15.0. The van der Waals surface area contributed by atoms with E-state index >= 15 is 0 Å². The highest BCUT2D eigenvalue weighted by atomic mass is 19.4. The second-order valence-electron chi connectivity index (χ2n) is 3.51. The molecule has 0 atom stereocenters. The zero-order valence-electron chi connectivity index (χ0n) is 11.6. The van der Waals surface area contributed by atoms with Gasteiger partial charge < -0.3 is 0 Å². The van der Waals surface area contributed by atoms with Crippen LogP contribution in [0.4, 0.5) is 13.2 Å². The smallest absolute Gasteiger partial charge is 0.256 e. The molecule has 0 amide bonds. The Balaban J connectivity index is 2.29. The molecule has 0 bridgehead atoms. The van der Waals surface area contributed by atoms with E-state index in [-0.39, 0.29) is 5.56 Å². The van der Waals surface area contributed by atoms with Crippen LogP contribution in [-0.2, 0) is 6.18 Å². The lowest BCUT2D eigenvalue weighted by atomic mass is 10.1. The first kappa shape index (κ1) is 8.28. The Morgan fingerprint density at radius 1 is 1.06 bits per heavy atom. The Morgan fingerprint density at radius 3 is 2.24 bits per heavy atom. The molecule has 1 nitrogen and oxygen atoms in total. The summed E-state index contributed by atoms with van der Waals surface area (Å²) in [5.41, 5.74) is 0.273. The van der Waals surface area contributed by atoms with Crippen LogP contribution in [0.3, 0.4) is 0 Å². The van der Waals surface area contributed by atoms with Crippen LogP contribution in [-0.4, -0.2) is 4.98 Å². The van der Waals surface area contributed by atoms with Gasteiger partial charge in [-0.15, -0.1) is 0 Å². The Kier molecular flexibility index (Phi) is 2.05. The summed E-state index contributed by atoms with van der Waals surface area (Å²) in [6.45, 7) is -2.20. The minimum Gasteiger partial charge on any atom is -0.256 e. The maximum absolute atomic E-state index is 12.4. The Morgan fingerprint density at radius 2 is 1.76 bits per heavy atom. The van der Waals surface area contributed by atoms with Gasteiger partial charge in [0.25, 0.3) is 0 Å². The molecule has 0 aliphatic heterocycles. The monoisotopic (exact) mass is 240 g/mol. The number of aryl methyl sites for hydroxylation is 1. The lowest BCUT2D eigenvalue weighted by molar-refractivity contribution is -0.137. The van der Waals surface area contributed by atoms with Gasteiger partial charge in [-0.05, 0) is 19.0 Å². The van der Waals surface area contributed by atoms with E-state index in [1.54, 1.807) is 0 Å². The van der Waals surface area contributed by atoms with Gasteiger partial charge >= 0.3 is 6.18 Å². The number of halogens is 3. The van der Waals surface area contributed by atoms with Crippen LogP contribution in [0.25, 0.3) is 11.3 Å². The fourth-order valence-electron chi connectivity index (χ4n) is 1.37. The van der Waals surface area contributed by atoms with Gasteiger partial charge in [0.1, 0.15) is 0 Å². The Labute approximate surface area is 101 Å². The van der Waals surface area contributed by atoms with Gasteiger partial charge in [0.2, 0.25) is 0 Å². The highest BCUT2D eigenvalue weighted by Crippen LogP contribution is 2.29. The van der Waals surface area contributed by atoms with E-state index in [9.17, 15) is 13.2 Å². The van der Waals surface area contributed by atoms with Crippen molar-refractivity contribution in [1.82, 2.24) is 4.98 Å². The summed E-state index contributed by atoms with van der Waals surface area (Å²) in [5, 5.41) is 0. The first-order valence-corrected chi connectivity index (χ1v) is 4.82. The van der Waals surface area contributed by atoms with Gasteiger partial charge in [0, 0.05) is 15.9 Å². The molecule has 1 aromatic heterocycles. The number of benzene rings is 1. The minimum absolute atomic E-state index is 0.174. The molecule has 0 saturated heterocycles. The third-order valence-corrected chi connectivity index (χ3v) is 2.27. The van der Waals surface area contributed by atoms with Crippen LogP contribution in [0.5, 0.6) is 0 Å². The molecule has 0 saturated carbocycles. The molecule has 17 heavy (non-hydrogen) atoms. The Hall–Kier alpha value is -1.84. The summed E-state index contributed by atoms with van der Waals surface area (Å²) in [4.78, 5) is 3.75. The second kappa shape index (κ2) is 4.20. The van der Waals surface area contributed by atoms with E-state index in [0.29, 0.717) is 11.3 Å². The number of pyridine rings is 1. The second-order valence-corrected chi connectivity index (χ2v) is 3.51. The Bertz CT molecular complexity index is 531. The van der Waals surface area contributed by atoms with Crippen molar-refractivity contribution in [2.45, 2.75) is 13.0 Å². The van der Waals surface area contributed by atoms with Crippen molar-refractivity contribution < 1.29 is 17.3 Å². The summed E-state index contributed by atoms with van der Waals surface area (Å²) in [7, 11) is 0. The summed E-state index contributed by atoms with van der Waals surface area (Å²) in [6.07, 6.45) is -3.66. The van der Waals surface area contributed by atoms with Crippen molar-refractivity contribution in [2.24, 2.45) is 0 Å². The van der Waals surface area contributed by atoms with Gasteiger partial charge in [-0.3, -0.25) is 4.98 Å². The summed E-state index contributed by atoms with van der Waals surface area (Å²) < 4.78 is 58.9. The minimum atomic E-state index is -4.42. The van der Waals surface area contributed by atoms with Crippen LogP contribution >= 0.6 is 0 Å². The zero-order valence-corrected chi connectivity index (χ0v) is 8.62. The molecule has 0 aliphatic rings. The largest absolute Gasteiger partial charge is 0.417 e. The molecule has 1 aromatic carbocycles. The highest BCUT2D eigenvalue weighted by molar-refractivity contribution is 5.59. The maximum Gasteiger partial charge on any atom is 0.417 e. The third-order valence-electron chi connectivity index (χ3n) is 2.27. The fourth-order valence-corrected chi connectivity index (χ4v) is 1.37. The first-order valence-electron chi connectivity index (χ1n) is 6.32. The van der Waals surface area contributed by atoms with Gasteiger partial charge in [-0.2, -0.15) is 13.2 Å². The molecule has 2 rings (SSSR count). The van der Waals surface area contributed by atoms with Gasteiger partial charge in [-0.1, -0.05) is 29.8 Å². The molecule has 4 heteroatoms. The summed E-state index contributed by atoms with van der Waals surface area (Å²) in [6, 6.07) is 8.09. The van der Waals surface area contributed by atoms with Crippen molar-refractivity contribution >= 4 is 0 Å². The SMILES string of the molecule is [2H]C([2H])([2H])c1ccc(-c2ccc(C(F)(F)F)cn2)cc1. The summed E-state index contributed by atoms with van der Waals surface area (Å²) >= 11 is 0. The lowest BCUT2D eigenvalue weighted by Crippen LogP contribution is -2.05. The standard InChI is InChI=1S/C13H10F3N/c1-9-2-4-10(5-3-9)12-7-6-11(8-17-12)13(14,15)16/h2-8H,1H3/i1D3. The molecule has 88 valence electrons. The molecule has 0 radical (unpaired) electrons. The molecule has 0 unspecified atom stereocenters. The van der Waals surface area contributed by atoms with Gasteiger partial charge in [-0.25, -0.2) is 0 Å².